The third-order valence-corrected chi connectivity index (χ3v) is 3.96. The molecule has 1 aromatic heterocycles. The van der Waals surface area contributed by atoms with E-state index in [1.165, 1.54) is 4.57 Å². The molecule has 0 aliphatic carbocycles. The maximum atomic E-state index is 12.7. The van der Waals surface area contributed by atoms with Gasteiger partial charge in [-0.3, -0.25) is 9.69 Å². The van der Waals surface area contributed by atoms with Crippen LogP contribution in [0.15, 0.2) is 65.6 Å². The van der Waals surface area contributed by atoms with Gasteiger partial charge in [0.1, 0.15) is 0 Å². The summed E-state index contributed by atoms with van der Waals surface area (Å²) >= 11 is 0. The summed E-state index contributed by atoms with van der Waals surface area (Å²) in [5.74, 6) is 0. The molecule has 1 heterocycles. The number of benzene rings is 2. The molecule has 2 aromatic carbocycles. The van der Waals surface area contributed by atoms with Crippen LogP contribution in [-0.4, -0.2) is 17.1 Å². The third kappa shape index (κ3) is 2.88. The number of pyridine rings is 1. The molecule has 2 amide bonds. The van der Waals surface area contributed by atoms with E-state index in [0.29, 0.717) is 17.6 Å². The fourth-order valence-electron chi connectivity index (χ4n) is 2.75. The maximum absolute atomic E-state index is 12.7. The minimum Gasteiger partial charge on any atom is -0.316 e. The van der Waals surface area contributed by atoms with E-state index in [2.05, 4.69) is 5.32 Å². The number of nitrogens with one attached hydrogen (secondary N) is 1. The first kappa shape index (κ1) is 15.8. The number of rotatable bonds is 3. The lowest BCUT2D eigenvalue weighted by Gasteiger charge is -2.22. The van der Waals surface area contributed by atoms with Crippen molar-refractivity contribution in [1.29, 1.82) is 0 Å². The first-order valence-corrected chi connectivity index (χ1v) is 7.83. The van der Waals surface area contributed by atoms with Crippen LogP contribution in [0.5, 0.6) is 0 Å². The van der Waals surface area contributed by atoms with E-state index in [4.69, 9.17) is 0 Å². The summed E-state index contributed by atoms with van der Waals surface area (Å²) in [6.45, 7) is 2.46. The fourth-order valence-corrected chi connectivity index (χ4v) is 2.75. The molecule has 122 valence electrons. The molecule has 0 aliphatic heterocycles. The van der Waals surface area contributed by atoms with E-state index in [-0.39, 0.29) is 11.6 Å². The molecule has 5 nitrogen and oxygen atoms in total. The molecule has 0 bridgehead atoms. The quantitative estimate of drug-likeness (QED) is 0.801. The van der Waals surface area contributed by atoms with Gasteiger partial charge in [-0.25, -0.2) is 4.79 Å². The monoisotopic (exact) mass is 321 g/mol. The van der Waals surface area contributed by atoms with Crippen LogP contribution < -0.4 is 15.8 Å². The van der Waals surface area contributed by atoms with E-state index < -0.39 is 0 Å². The van der Waals surface area contributed by atoms with E-state index in [0.717, 1.165) is 11.1 Å². The molecule has 0 atom stereocenters. The van der Waals surface area contributed by atoms with Gasteiger partial charge in [0.05, 0.1) is 5.69 Å². The molecular formula is C19H19N3O2. The van der Waals surface area contributed by atoms with Crippen LogP contribution in [0.2, 0.25) is 0 Å². The first-order valence-electron chi connectivity index (χ1n) is 7.83. The summed E-state index contributed by atoms with van der Waals surface area (Å²) in [4.78, 5) is 26.6. The molecule has 5 heteroatoms. The highest BCUT2D eigenvalue weighted by Crippen LogP contribution is 2.21. The van der Waals surface area contributed by atoms with Crippen LogP contribution >= 0.6 is 0 Å². The Kier molecular flexibility index (Phi) is 4.33. The van der Waals surface area contributed by atoms with Crippen molar-refractivity contribution < 1.29 is 4.79 Å². The maximum Gasteiger partial charge on any atom is 0.326 e. The Morgan fingerprint density at radius 3 is 2.33 bits per heavy atom. The molecule has 0 fully saturated rings. The smallest absolute Gasteiger partial charge is 0.316 e. The normalized spacial score (nSPS) is 10.6. The molecule has 1 N–H and O–H groups in total. The van der Waals surface area contributed by atoms with Crippen LogP contribution in [0.25, 0.3) is 10.8 Å². The standard InChI is InChI=1S/C19H19N3O2/c1-3-22(14-9-5-4-6-10-14)19(24)20-17-13-21(2)18(23)16-12-8-7-11-15(16)17/h4-13H,3H2,1-2H3,(H,20,24). The van der Waals surface area contributed by atoms with Gasteiger partial charge < -0.3 is 9.88 Å². The molecule has 0 spiro atoms. The van der Waals surface area contributed by atoms with E-state index >= 15 is 0 Å². The van der Waals surface area contributed by atoms with Crippen molar-refractivity contribution in [3.05, 3.63) is 71.1 Å². The minimum atomic E-state index is -0.229. The van der Waals surface area contributed by atoms with Crippen molar-refractivity contribution in [2.45, 2.75) is 6.92 Å². The molecule has 0 radical (unpaired) electrons. The molecule has 0 saturated heterocycles. The van der Waals surface area contributed by atoms with Crippen molar-refractivity contribution in [3.8, 4) is 0 Å². The van der Waals surface area contributed by atoms with Gasteiger partial charge in [0.15, 0.2) is 0 Å². The number of hydrogen-bond donors (Lipinski definition) is 1. The van der Waals surface area contributed by atoms with Crippen LogP contribution in [0.3, 0.4) is 0 Å². The van der Waals surface area contributed by atoms with Gasteiger partial charge in [-0.1, -0.05) is 36.4 Å². The summed E-state index contributed by atoms with van der Waals surface area (Å²) in [5, 5.41) is 4.25. The molecule has 3 aromatic rings. The zero-order chi connectivity index (χ0) is 17.1. The molecule has 3 rings (SSSR count). The average molecular weight is 321 g/mol. The Balaban J connectivity index is 1.99. The number of urea groups is 1. The average Bonchev–Trinajstić information content (AvgIpc) is 2.61. The number of carbonyl (C=O) groups is 1. The van der Waals surface area contributed by atoms with Gasteiger partial charge in [-0.15, -0.1) is 0 Å². The van der Waals surface area contributed by atoms with Crippen LogP contribution in [0.1, 0.15) is 6.92 Å². The van der Waals surface area contributed by atoms with E-state index in [9.17, 15) is 9.59 Å². The van der Waals surface area contributed by atoms with Gasteiger partial charge >= 0.3 is 6.03 Å². The molecule has 0 aliphatic rings. The summed E-state index contributed by atoms with van der Waals surface area (Å²) in [7, 11) is 1.68. The predicted octanol–water partition coefficient (Wildman–Crippen LogP) is 3.60. The van der Waals surface area contributed by atoms with Crippen LogP contribution in [-0.2, 0) is 7.05 Å². The molecule has 0 unspecified atom stereocenters. The first-order chi connectivity index (χ1) is 11.6. The summed E-state index contributed by atoms with van der Waals surface area (Å²) < 4.78 is 1.48. The molecular weight excluding hydrogens is 302 g/mol. The van der Waals surface area contributed by atoms with Crippen molar-refractivity contribution in [2.75, 3.05) is 16.8 Å². The highest BCUT2D eigenvalue weighted by Gasteiger charge is 2.16. The number of nitrogens with zero attached hydrogens (tertiary/aromatic N) is 2. The Bertz CT molecular complexity index is 932. The van der Waals surface area contributed by atoms with Crippen molar-refractivity contribution in [3.63, 3.8) is 0 Å². The van der Waals surface area contributed by atoms with Gasteiger partial charge in [0.2, 0.25) is 0 Å². The lowest BCUT2D eigenvalue weighted by molar-refractivity contribution is 0.257. The Morgan fingerprint density at radius 2 is 1.67 bits per heavy atom. The topological polar surface area (TPSA) is 54.3 Å². The number of hydrogen-bond acceptors (Lipinski definition) is 2. The Morgan fingerprint density at radius 1 is 1.04 bits per heavy atom. The zero-order valence-corrected chi connectivity index (χ0v) is 13.7. The lowest BCUT2D eigenvalue weighted by atomic mass is 10.1. The van der Waals surface area contributed by atoms with Crippen molar-refractivity contribution in [2.24, 2.45) is 7.05 Å². The number of fused-ring (bicyclic) bond motifs is 1. The van der Waals surface area contributed by atoms with E-state index in [1.807, 2.05) is 55.5 Å². The largest absolute Gasteiger partial charge is 0.326 e. The van der Waals surface area contributed by atoms with Crippen LogP contribution in [0.4, 0.5) is 16.2 Å². The van der Waals surface area contributed by atoms with E-state index in [1.54, 1.807) is 24.2 Å². The summed E-state index contributed by atoms with van der Waals surface area (Å²) in [6.07, 6.45) is 1.65. The Hall–Kier alpha value is -3.08. The van der Waals surface area contributed by atoms with Crippen molar-refractivity contribution in [1.82, 2.24) is 4.57 Å². The second-order valence-corrected chi connectivity index (χ2v) is 5.51. The number of anilines is 2. The highest BCUT2D eigenvalue weighted by molar-refractivity contribution is 6.06. The highest BCUT2D eigenvalue weighted by atomic mass is 16.2. The zero-order valence-electron chi connectivity index (χ0n) is 13.7. The second-order valence-electron chi connectivity index (χ2n) is 5.51. The van der Waals surface area contributed by atoms with Gasteiger partial charge in [0.25, 0.3) is 5.56 Å². The number of para-hydroxylation sites is 1. The number of aromatic nitrogens is 1. The van der Waals surface area contributed by atoms with Gasteiger partial charge in [-0.2, -0.15) is 0 Å². The molecule has 24 heavy (non-hydrogen) atoms. The number of aryl methyl sites for hydroxylation is 1. The SMILES string of the molecule is CCN(C(=O)Nc1cn(C)c(=O)c2ccccc12)c1ccccc1. The Labute approximate surface area is 140 Å². The van der Waals surface area contributed by atoms with Gasteiger partial charge in [-0.05, 0) is 25.1 Å². The summed E-state index contributed by atoms with van der Waals surface area (Å²) in [5.41, 5.74) is 1.36. The summed E-state index contributed by atoms with van der Waals surface area (Å²) in [6, 6.07) is 16.5. The second kappa shape index (κ2) is 6.58. The molecule has 0 saturated carbocycles. The third-order valence-electron chi connectivity index (χ3n) is 3.96. The lowest BCUT2D eigenvalue weighted by Crippen LogP contribution is -2.35. The number of amides is 2. The fraction of sp³-hybridized carbons (Fsp3) is 0.158. The predicted molar refractivity (Wildman–Crippen MR) is 97.7 cm³/mol. The number of carbonyl (C=O) groups excluding carboxylic acids is 1. The minimum absolute atomic E-state index is 0.0843. The van der Waals surface area contributed by atoms with Gasteiger partial charge in [0, 0.05) is 36.2 Å². The van der Waals surface area contributed by atoms with Crippen molar-refractivity contribution >= 4 is 28.2 Å². The van der Waals surface area contributed by atoms with Crippen LogP contribution in [0, 0.1) is 0 Å².